The monoisotopic (exact) mass is 153 g/mol. The molecule has 2 aliphatic rings. The lowest BCUT2D eigenvalue weighted by Crippen LogP contribution is -2.34. The fourth-order valence-electron chi connectivity index (χ4n) is 2.93. The minimum Gasteiger partial charge on any atom is -0.300 e. The van der Waals surface area contributed by atoms with E-state index in [2.05, 4.69) is 18.9 Å². The highest BCUT2D eigenvalue weighted by Gasteiger charge is 2.37. The van der Waals surface area contributed by atoms with E-state index >= 15 is 0 Å². The molecular formula is C10H19N. The summed E-state index contributed by atoms with van der Waals surface area (Å²) < 4.78 is 0. The fraction of sp³-hybridized carbons (Fsp3) is 1.00. The lowest BCUT2D eigenvalue weighted by atomic mass is 9.85. The van der Waals surface area contributed by atoms with Crippen LogP contribution in [0.4, 0.5) is 0 Å². The van der Waals surface area contributed by atoms with Crippen LogP contribution in [0.1, 0.15) is 39.0 Å². The molecule has 1 aliphatic carbocycles. The number of rotatable bonds is 0. The summed E-state index contributed by atoms with van der Waals surface area (Å²) >= 11 is 0. The number of nitrogens with zero attached hydrogens (tertiary/aromatic N) is 1. The summed E-state index contributed by atoms with van der Waals surface area (Å²) in [6.45, 7) is 2.37. The van der Waals surface area contributed by atoms with Crippen LogP contribution in [-0.2, 0) is 0 Å². The van der Waals surface area contributed by atoms with Crippen LogP contribution in [0.3, 0.4) is 0 Å². The summed E-state index contributed by atoms with van der Waals surface area (Å²) in [5.41, 5.74) is 0. The van der Waals surface area contributed by atoms with Gasteiger partial charge in [0.05, 0.1) is 0 Å². The minimum absolute atomic E-state index is 0.850. The summed E-state index contributed by atoms with van der Waals surface area (Å²) in [5.74, 6) is 1.05. The van der Waals surface area contributed by atoms with E-state index in [9.17, 15) is 0 Å². The zero-order chi connectivity index (χ0) is 7.84. The molecule has 1 aliphatic heterocycles. The summed E-state index contributed by atoms with van der Waals surface area (Å²) in [6, 6.07) is 1.79. The average Bonchev–Trinajstić information content (AvgIpc) is 2.30. The molecular weight excluding hydrogens is 134 g/mol. The zero-order valence-corrected chi connectivity index (χ0v) is 7.71. The van der Waals surface area contributed by atoms with Gasteiger partial charge in [0.1, 0.15) is 0 Å². The van der Waals surface area contributed by atoms with Crippen molar-refractivity contribution < 1.29 is 0 Å². The Morgan fingerprint density at radius 3 is 2.64 bits per heavy atom. The van der Waals surface area contributed by atoms with Crippen LogP contribution in [0.25, 0.3) is 0 Å². The van der Waals surface area contributed by atoms with Crippen LogP contribution in [0.5, 0.6) is 0 Å². The Labute approximate surface area is 69.8 Å². The molecule has 11 heavy (non-hydrogen) atoms. The van der Waals surface area contributed by atoms with Crippen molar-refractivity contribution in [3.63, 3.8) is 0 Å². The lowest BCUT2D eigenvalue weighted by molar-refractivity contribution is 0.192. The van der Waals surface area contributed by atoms with Crippen LogP contribution in [0.2, 0.25) is 0 Å². The van der Waals surface area contributed by atoms with Crippen molar-refractivity contribution >= 4 is 0 Å². The van der Waals surface area contributed by atoms with Crippen molar-refractivity contribution in [1.29, 1.82) is 0 Å². The van der Waals surface area contributed by atoms with Gasteiger partial charge in [-0.3, -0.25) is 0 Å². The van der Waals surface area contributed by atoms with Crippen molar-refractivity contribution in [3.05, 3.63) is 0 Å². The van der Waals surface area contributed by atoms with Gasteiger partial charge in [-0.1, -0.05) is 12.8 Å². The van der Waals surface area contributed by atoms with Crippen molar-refractivity contribution in [2.45, 2.75) is 51.1 Å². The molecule has 1 saturated carbocycles. The molecule has 2 unspecified atom stereocenters. The molecule has 2 fully saturated rings. The van der Waals surface area contributed by atoms with Crippen LogP contribution < -0.4 is 0 Å². The van der Waals surface area contributed by atoms with Crippen molar-refractivity contribution in [1.82, 2.24) is 4.90 Å². The zero-order valence-electron chi connectivity index (χ0n) is 7.71. The SMILES string of the molecule is C[C@@H]1CC2CCCCC2N1C. The molecule has 0 amide bonds. The Morgan fingerprint density at radius 2 is 1.91 bits per heavy atom. The van der Waals surface area contributed by atoms with Gasteiger partial charge in [-0.2, -0.15) is 0 Å². The highest BCUT2D eigenvalue weighted by atomic mass is 15.2. The van der Waals surface area contributed by atoms with Gasteiger partial charge in [-0.25, -0.2) is 0 Å². The van der Waals surface area contributed by atoms with E-state index in [-0.39, 0.29) is 0 Å². The van der Waals surface area contributed by atoms with Gasteiger partial charge in [-0.05, 0) is 39.2 Å². The number of hydrogen-bond donors (Lipinski definition) is 0. The molecule has 0 aromatic rings. The van der Waals surface area contributed by atoms with Gasteiger partial charge in [0.15, 0.2) is 0 Å². The van der Waals surface area contributed by atoms with E-state index in [1.807, 2.05) is 0 Å². The molecule has 64 valence electrons. The van der Waals surface area contributed by atoms with Crippen molar-refractivity contribution in [2.24, 2.45) is 5.92 Å². The Morgan fingerprint density at radius 1 is 1.18 bits per heavy atom. The summed E-state index contributed by atoms with van der Waals surface area (Å²) in [5, 5.41) is 0. The predicted octanol–water partition coefficient (Wildman–Crippen LogP) is 2.27. The summed E-state index contributed by atoms with van der Waals surface area (Å²) in [7, 11) is 2.31. The number of hydrogen-bond acceptors (Lipinski definition) is 1. The Balaban J connectivity index is 2.05. The summed E-state index contributed by atoms with van der Waals surface area (Å²) in [6.07, 6.45) is 7.38. The minimum atomic E-state index is 0.850. The molecule has 2 rings (SSSR count). The first-order valence-electron chi connectivity index (χ1n) is 5.01. The first kappa shape index (κ1) is 7.60. The van der Waals surface area contributed by atoms with Gasteiger partial charge in [-0.15, -0.1) is 0 Å². The number of likely N-dealkylation sites (tertiary alicyclic amines) is 1. The fourth-order valence-corrected chi connectivity index (χ4v) is 2.93. The van der Waals surface area contributed by atoms with Crippen LogP contribution >= 0.6 is 0 Å². The van der Waals surface area contributed by atoms with Gasteiger partial charge in [0, 0.05) is 12.1 Å². The lowest BCUT2D eigenvalue weighted by Gasteiger charge is -2.30. The second-order valence-electron chi connectivity index (χ2n) is 4.36. The van der Waals surface area contributed by atoms with E-state index in [0.717, 1.165) is 18.0 Å². The molecule has 1 heterocycles. The van der Waals surface area contributed by atoms with Gasteiger partial charge in [0.25, 0.3) is 0 Å². The van der Waals surface area contributed by atoms with E-state index in [1.165, 1.54) is 32.1 Å². The first-order chi connectivity index (χ1) is 5.29. The molecule has 0 aromatic carbocycles. The average molecular weight is 153 g/mol. The highest BCUT2D eigenvalue weighted by molar-refractivity contribution is 4.92. The smallest absolute Gasteiger partial charge is 0.0124 e. The van der Waals surface area contributed by atoms with Crippen LogP contribution in [0.15, 0.2) is 0 Å². The topological polar surface area (TPSA) is 3.24 Å². The molecule has 0 radical (unpaired) electrons. The van der Waals surface area contributed by atoms with Crippen LogP contribution in [-0.4, -0.2) is 24.0 Å². The predicted molar refractivity (Wildman–Crippen MR) is 47.6 cm³/mol. The maximum atomic E-state index is 2.60. The van der Waals surface area contributed by atoms with E-state index in [4.69, 9.17) is 0 Å². The number of fused-ring (bicyclic) bond motifs is 1. The maximum absolute atomic E-state index is 2.60. The molecule has 3 atom stereocenters. The molecule has 1 heteroatoms. The Kier molecular flexibility index (Phi) is 1.92. The molecule has 0 spiro atoms. The van der Waals surface area contributed by atoms with Crippen LogP contribution in [0, 0.1) is 5.92 Å². The molecule has 1 saturated heterocycles. The van der Waals surface area contributed by atoms with Crippen molar-refractivity contribution in [2.75, 3.05) is 7.05 Å². The standard InChI is InChI=1S/C10H19N/c1-8-7-9-5-3-4-6-10(9)11(8)2/h8-10H,3-7H2,1-2H3/t8-,9?,10?/m1/s1. The normalized spacial score (nSPS) is 45.8. The van der Waals surface area contributed by atoms with Gasteiger partial charge >= 0.3 is 0 Å². The summed E-state index contributed by atoms with van der Waals surface area (Å²) in [4.78, 5) is 2.60. The Bertz CT molecular complexity index is 144. The third kappa shape index (κ3) is 1.20. The third-order valence-electron chi connectivity index (χ3n) is 3.73. The third-order valence-corrected chi connectivity index (χ3v) is 3.73. The Hall–Kier alpha value is -0.0400. The van der Waals surface area contributed by atoms with E-state index in [0.29, 0.717) is 0 Å². The largest absolute Gasteiger partial charge is 0.300 e. The molecule has 0 N–H and O–H groups in total. The van der Waals surface area contributed by atoms with Gasteiger partial charge in [0.2, 0.25) is 0 Å². The molecule has 0 aromatic heterocycles. The maximum Gasteiger partial charge on any atom is 0.0124 e. The molecule has 0 bridgehead atoms. The highest BCUT2D eigenvalue weighted by Crippen LogP contribution is 2.38. The van der Waals surface area contributed by atoms with E-state index < -0.39 is 0 Å². The second kappa shape index (κ2) is 2.78. The van der Waals surface area contributed by atoms with E-state index in [1.54, 1.807) is 0 Å². The van der Waals surface area contributed by atoms with Gasteiger partial charge < -0.3 is 4.90 Å². The molecule has 1 nitrogen and oxygen atoms in total. The second-order valence-corrected chi connectivity index (χ2v) is 4.36. The first-order valence-corrected chi connectivity index (χ1v) is 5.01. The van der Waals surface area contributed by atoms with Crippen molar-refractivity contribution in [3.8, 4) is 0 Å². The quantitative estimate of drug-likeness (QED) is 0.516.